The average Bonchev–Trinajstić information content (AvgIpc) is 3.23. The SMILES string of the molecule is CCc1cccc(CC)c1NC(=O)COC(=O)c1sc(-c2ccc(OC)c(OC)c2)nc1C. The molecule has 7 nitrogen and oxygen atoms in total. The first-order valence-corrected chi connectivity index (χ1v) is 11.5. The maximum Gasteiger partial charge on any atom is 0.350 e. The van der Waals surface area contributed by atoms with Crippen molar-refractivity contribution in [2.75, 3.05) is 26.1 Å². The Kier molecular flexibility index (Phi) is 8.06. The van der Waals surface area contributed by atoms with Gasteiger partial charge >= 0.3 is 5.97 Å². The zero-order valence-corrected chi connectivity index (χ0v) is 20.3. The zero-order chi connectivity index (χ0) is 24.0. The summed E-state index contributed by atoms with van der Waals surface area (Å²) >= 11 is 1.21. The van der Waals surface area contributed by atoms with Gasteiger partial charge < -0.3 is 19.5 Å². The van der Waals surface area contributed by atoms with Gasteiger partial charge in [-0.2, -0.15) is 0 Å². The van der Waals surface area contributed by atoms with Gasteiger partial charge in [-0.15, -0.1) is 11.3 Å². The highest BCUT2D eigenvalue weighted by Gasteiger charge is 2.20. The maximum atomic E-state index is 12.7. The molecular weight excluding hydrogens is 440 g/mol. The van der Waals surface area contributed by atoms with Crippen LogP contribution < -0.4 is 14.8 Å². The quantitative estimate of drug-likeness (QED) is 0.442. The van der Waals surface area contributed by atoms with Gasteiger partial charge in [0.1, 0.15) is 9.88 Å². The van der Waals surface area contributed by atoms with Crippen molar-refractivity contribution in [1.29, 1.82) is 0 Å². The Bertz CT molecular complexity index is 1130. The van der Waals surface area contributed by atoms with E-state index >= 15 is 0 Å². The maximum absolute atomic E-state index is 12.7. The Morgan fingerprint density at radius 3 is 2.27 bits per heavy atom. The molecule has 0 aliphatic heterocycles. The molecule has 3 aromatic rings. The number of carbonyl (C=O) groups excluding carboxylic acids is 2. The first-order valence-electron chi connectivity index (χ1n) is 10.7. The molecule has 1 aromatic heterocycles. The summed E-state index contributed by atoms with van der Waals surface area (Å²) in [6, 6.07) is 11.4. The van der Waals surface area contributed by atoms with Gasteiger partial charge in [-0.05, 0) is 49.1 Å². The van der Waals surface area contributed by atoms with Crippen molar-refractivity contribution in [3.8, 4) is 22.1 Å². The summed E-state index contributed by atoms with van der Waals surface area (Å²) in [5, 5.41) is 3.55. The Labute approximate surface area is 197 Å². The number of anilines is 1. The number of esters is 1. The fourth-order valence-electron chi connectivity index (χ4n) is 3.45. The van der Waals surface area contributed by atoms with Gasteiger partial charge in [-0.3, -0.25) is 4.79 Å². The lowest BCUT2D eigenvalue weighted by Crippen LogP contribution is -2.22. The fraction of sp³-hybridized carbons (Fsp3) is 0.320. The minimum atomic E-state index is -0.577. The first-order chi connectivity index (χ1) is 15.9. The van der Waals surface area contributed by atoms with Crippen LogP contribution in [0.15, 0.2) is 36.4 Å². The summed E-state index contributed by atoms with van der Waals surface area (Å²) in [6.45, 7) is 5.44. The minimum absolute atomic E-state index is 0.357. The number of para-hydroxylation sites is 1. The standard InChI is InChI=1S/C25H28N2O5S/c1-6-16-9-8-10-17(7-2)22(16)27-21(28)14-32-25(29)23-15(3)26-24(33-23)18-11-12-19(30-4)20(13-18)31-5/h8-13H,6-7,14H2,1-5H3,(H,27,28). The second-order valence-electron chi connectivity index (χ2n) is 7.29. The summed E-state index contributed by atoms with van der Waals surface area (Å²) in [7, 11) is 3.13. The van der Waals surface area contributed by atoms with Gasteiger partial charge in [0.2, 0.25) is 0 Å². The number of methoxy groups -OCH3 is 2. The van der Waals surface area contributed by atoms with Crippen molar-refractivity contribution >= 4 is 28.9 Å². The van der Waals surface area contributed by atoms with E-state index in [2.05, 4.69) is 10.3 Å². The molecule has 0 spiro atoms. The van der Waals surface area contributed by atoms with Crippen LogP contribution in [-0.4, -0.2) is 37.7 Å². The van der Waals surface area contributed by atoms with Gasteiger partial charge in [0.15, 0.2) is 18.1 Å². The van der Waals surface area contributed by atoms with Crippen LogP contribution in [0.4, 0.5) is 5.69 Å². The zero-order valence-electron chi connectivity index (χ0n) is 19.5. The smallest absolute Gasteiger partial charge is 0.350 e. The number of hydrogen-bond donors (Lipinski definition) is 1. The van der Waals surface area contributed by atoms with E-state index in [1.54, 1.807) is 33.3 Å². The third-order valence-electron chi connectivity index (χ3n) is 5.21. The van der Waals surface area contributed by atoms with E-state index in [0.29, 0.717) is 27.1 Å². The lowest BCUT2D eigenvalue weighted by atomic mass is 10.0. The number of ether oxygens (including phenoxy) is 3. The Morgan fingerprint density at radius 1 is 1.00 bits per heavy atom. The molecule has 1 amide bonds. The van der Waals surface area contributed by atoms with Crippen molar-refractivity contribution in [3.63, 3.8) is 0 Å². The van der Waals surface area contributed by atoms with Crippen molar-refractivity contribution in [2.24, 2.45) is 0 Å². The number of nitrogens with one attached hydrogen (secondary N) is 1. The molecular formula is C25H28N2O5S. The van der Waals surface area contributed by atoms with Crippen LogP contribution in [0.1, 0.15) is 40.3 Å². The van der Waals surface area contributed by atoms with Crippen LogP contribution in [0.3, 0.4) is 0 Å². The van der Waals surface area contributed by atoms with E-state index in [4.69, 9.17) is 14.2 Å². The number of carbonyl (C=O) groups is 2. The van der Waals surface area contributed by atoms with Crippen LogP contribution in [0.5, 0.6) is 11.5 Å². The molecule has 0 saturated carbocycles. The average molecular weight is 469 g/mol. The van der Waals surface area contributed by atoms with Gasteiger partial charge in [-0.1, -0.05) is 32.0 Å². The lowest BCUT2D eigenvalue weighted by Gasteiger charge is -2.14. The topological polar surface area (TPSA) is 86.8 Å². The van der Waals surface area contributed by atoms with E-state index in [1.165, 1.54) is 11.3 Å². The molecule has 0 fully saturated rings. The van der Waals surface area contributed by atoms with Gasteiger partial charge in [0, 0.05) is 11.3 Å². The third-order valence-corrected chi connectivity index (χ3v) is 6.40. The number of thiazole rings is 1. The van der Waals surface area contributed by atoms with Crippen molar-refractivity contribution in [1.82, 2.24) is 4.98 Å². The Hall–Kier alpha value is -3.39. The molecule has 0 aliphatic carbocycles. The highest BCUT2D eigenvalue weighted by molar-refractivity contribution is 7.17. The predicted octanol–water partition coefficient (Wildman–Crippen LogP) is 5.06. The van der Waals surface area contributed by atoms with Crippen LogP contribution in [0.2, 0.25) is 0 Å². The van der Waals surface area contributed by atoms with Crippen molar-refractivity contribution in [2.45, 2.75) is 33.6 Å². The van der Waals surface area contributed by atoms with Gasteiger partial charge in [0.05, 0.1) is 19.9 Å². The number of amides is 1. The molecule has 0 atom stereocenters. The Morgan fingerprint density at radius 2 is 1.67 bits per heavy atom. The molecule has 0 bridgehead atoms. The molecule has 1 N–H and O–H groups in total. The molecule has 174 valence electrons. The number of aryl methyl sites for hydroxylation is 3. The number of aromatic nitrogens is 1. The van der Waals surface area contributed by atoms with E-state index in [-0.39, 0.29) is 12.5 Å². The first kappa shape index (κ1) is 24.3. The molecule has 1 heterocycles. The summed E-state index contributed by atoms with van der Waals surface area (Å²) in [4.78, 5) is 30.0. The summed E-state index contributed by atoms with van der Waals surface area (Å²) < 4.78 is 15.9. The number of hydrogen-bond acceptors (Lipinski definition) is 7. The largest absolute Gasteiger partial charge is 0.493 e. The summed E-state index contributed by atoms with van der Waals surface area (Å²) in [5.74, 6) is 0.228. The van der Waals surface area contributed by atoms with Gasteiger partial charge in [-0.25, -0.2) is 9.78 Å². The molecule has 8 heteroatoms. The van der Waals surface area contributed by atoms with Crippen molar-refractivity contribution < 1.29 is 23.8 Å². The molecule has 3 rings (SSSR count). The molecule has 0 unspecified atom stereocenters. The van der Waals surface area contributed by atoms with E-state index in [9.17, 15) is 9.59 Å². The monoisotopic (exact) mass is 468 g/mol. The molecule has 2 aromatic carbocycles. The third kappa shape index (κ3) is 5.51. The molecule has 33 heavy (non-hydrogen) atoms. The van der Waals surface area contributed by atoms with Crippen LogP contribution >= 0.6 is 11.3 Å². The molecule has 0 radical (unpaired) electrons. The van der Waals surface area contributed by atoms with E-state index in [1.807, 2.05) is 38.1 Å². The molecule has 0 saturated heterocycles. The second kappa shape index (κ2) is 11.0. The Balaban J connectivity index is 1.70. The normalized spacial score (nSPS) is 10.6. The van der Waals surface area contributed by atoms with Crippen molar-refractivity contribution in [3.05, 3.63) is 58.1 Å². The van der Waals surface area contributed by atoms with Crippen LogP contribution in [-0.2, 0) is 22.4 Å². The van der Waals surface area contributed by atoms with Gasteiger partial charge in [0.25, 0.3) is 5.91 Å². The summed E-state index contributed by atoms with van der Waals surface area (Å²) in [5.41, 5.74) is 4.23. The summed E-state index contributed by atoms with van der Waals surface area (Å²) in [6.07, 6.45) is 1.59. The van der Waals surface area contributed by atoms with E-state index < -0.39 is 5.97 Å². The number of rotatable bonds is 9. The molecule has 0 aliphatic rings. The number of benzene rings is 2. The van der Waals surface area contributed by atoms with Crippen LogP contribution in [0, 0.1) is 6.92 Å². The highest BCUT2D eigenvalue weighted by Crippen LogP contribution is 2.35. The lowest BCUT2D eigenvalue weighted by molar-refractivity contribution is -0.119. The number of nitrogens with zero attached hydrogens (tertiary/aromatic N) is 1. The predicted molar refractivity (Wildman–Crippen MR) is 130 cm³/mol. The van der Waals surface area contributed by atoms with E-state index in [0.717, 1.165) is 35.2 Å². The van der Waals surface area contributed by atoms with Crippen LogP contribution in [0.25, 0.3) is 10.6 Å². The second-order valence-corrected chi connectivity index (χ2v) is 8.29. The fourth-order valence-corrected chi connectivity index (χ4v) is 4.41. The minimum Gasteiger partial charge on any atom is -0.493 e. The highest BCUT2D eigenvalue weighted by atomic mass is 32.1.